The monoisotopic (exact) mass is 383 g/mol. The molecule has 5 heteroatoms. The van der Waals surface area contributed by atoms with E-state index in [1.807, 2.05) is 57.2 Å². The molecule has 5 nitrogen and oxygen atoms in total. The Labute approximate surface area is 166 Å². The Morgan fingerprint density at radius 1 is 1.04 bits per heavy atom. The van der Waals surface area contributed by atoms with Gasteiger partial charge in [-0.3, -0.25) is 9.59 Å². The van der Waals surface area contributed by atoms with Crippen molar-refractivity contribution >= 4 is 11.7 Å². The van der Waals surface area contributed by atoms with Gasteiger partial charge in [-0.15, -0.1) is 0 Å². The second-order valence-corrected chi connectivity index (χ2v) is 6.80. The van der Waals surface area contributed by atoms with Crippen molar-refractivity contribution in [3.05, 3.63) is 65.7 Å². The summed E-state index contributed by atoms with van der Waals surface area (Å²) in [5.41, 5.74) is -0.859. The van der Waals surface area contributed by atoms with E-state index in [2.05, 4.69) is 0 Å². The maximum atomic E-state index is 13.1. The SMILES string of the molecule is CCN(CC)C(=O)C(O)(CCCOc1ccccc1)C(=O)c1cccc(C)c1. The van der Waals surface area contributed by atoms with E-state index in [1.54, 1.807) is 18.2 Å². The number of nitrogens with zero attached hydrogens (tertiary/aromatic N) is 1. The molecule has 0 heterocycles. The van der Waals surface area contributed by atoms with Crippen LogP contribution in [0.1, 0.15) is 42.6 Å². The van der Waals surface area contributed by atoms with Crippen molar-refractivity contribution in [2.45, 2.75) is 39.2 Å². The fourth-order valence-corrected chi connectivity index (χ4v) is 3.15. The summed E-state index contributed by atoms with van der Waals surface area (Å²) < 4.78 is 5.65. The predicted molar refractivity (Wildman–Crippen MR) is 110 cm³/mol. The van der Waals surface area contributed by atoms with Crippen LogP contribution in [0.15, 0.2) is 54.6 Å². The Bertz CT molecular complexity index is 786. The van der Waals surface area contributed by atoms with Crippen LogP contribution in [0.4, 0.5) is 0 Å². The first-order valence-corrected chi connectivity index (χ1v) is 9.73. The lowest BCUT2D eigenvalue weighted by atomic mass is 9.86. The lowest BCUT2D eigenvalue weighted by molar-refractivity contribution is -0.146. The average molecular weight is 383 g/mol. The van der Waals surface area contributed by atoms with Crippen LogP contribution in [0.2, 0.25) is 0 Å². The molecule has 0 fully saturated rings. The summed E-state index contributed by atoms with van der Waals surface area (Å²) in [6.07, 6.45) is 0.373. The molecule has 150 valence electrons. The van der Waals surface area contributed by atoms with Gasteiger partial charge in [0, 0.05) is 18.7 Å². The molecular weight excluding hydrogens is 354 g/mol. The normalized spacial score (nSPS) is 12.9. The van der Waals surface area contributed by atoms with Crippen LogP contribution in [0.3, 0.4) is 0 Å². The number of carbonyl (C=O) groups excluding carboxylic acids is 2. The Balaban J connectivity index is 2.18. The van der Waals surface area contributed by atoms with Crippen LogP contribution in [-0.2, 0) is 4.79 Å². The molecule has 0 bridgehead atoms. The third-order valence-electron chi connectivity index (χ3n) is 4.76. The number of amides is 1. The summed E-state index contributed by atoms with van der Waals surface area (Å²) in [6, 6.07) is 16.3. The molecule has 2 aromatic rings. The van der Waals surface area contributed by atoms with Crippen molar-refractivity contribution in [3.8, 4) is 5.75 Å². The maximum absolute atomic E-state index is 13.1. The number of likely N-dealkylation sites (N-methyl/N-ethyl adjacent to an activating group) is 1. The molecule has 0 aliphatic heterocycles. The Kier molecular flexibility index (Phi) is 7.76. The minimum atomic E-state index is -2.10. The molecule has 1 atom stereocenters. The van der Waals surface area contributed by atoms with Gasteiger partial charge in [0.15, 0.2) is 0 Å². The van der Waals surface area contributed by atoms with Crippen LogP contribution in [0.5, 0.6) is 5.75 Å². The van der Waals surface area contributed by atoms with Gasteiger partial charge in [0.25, 0.3) is 5.91 Å². The summed E-state index contributed by atoms with van der Waals surface area (Å²) in [6.45, 7) is 6.70. The first-order valence-electron chi connectivity index (χ1n) is 9.73. The molecule has 2 rings (SSSR count). The number of hydrogen-bond acceptors (Lipinski definition) is 4. The van der Waals surface area contributed by atoms with Gasteiger partial charge in [-0.05, 0) is 51.8 Å². The Hall–Kier alpha value is -2.66. The smallest absolute Gasteiger partial charge is 0.262 e. The number of benzene rings is 2. The van der Waals surface area contributed by atoms with Gasteiger partial charge >= 0.3 is 0 Å². The van der Waals surface area contributed by atoms with E-state index in [-0.39, 0.29) is 6.42 Å². The van der Waals surface area contributed by atoms with Gasteiger partial charge in [0.2, 0.25) is 11.4 Å². The third-order valence-corrected chi connectivity index (χ3v) is 4.76. The molecule has 28 heavy (non-hydrogen) atoms. The molecule has 2 aromatic carbocycles. The molecule has 0 radical (unpaired) electrons. The number of rotatable bonds is 10. The molecule has 0 aromatic heterocycles. The summed E-state index contributed by atoms with van der Waals surface area (Å²) in [5.74, 6) is -0.400. The zero-order valence-corrected chi connectivity index (χ0v) is 16.9. The number of hydrogen-bond donors (Lipinski definition) is 1. The standard InChI is InChI=1S/C23H29NO4/c1-4-24(5-2)22(26)23(27,21(25)19-12-9-11-18(3)17-19)15-10-16-28-20-13-7-6-8-14-20/h6-9,11-14,17,27H,4-5,10,15-16H2,1-3H3. The highest BCUT2D eigenvalue weighted by molar-refractivity contribution is 6.16. The number of ether oxygens (including phenoxy) is 1. The van der Waals surface area contributed by atoms with Gasteiger partial charge in [-0.25, -0.2) is 0 Å². The van der Waals surface area contributed by atoms with E-state index < -0.39 is 17.3 Å². The van der Waals surface area contributed by atoms with Crippen molar-refractivity contribution in [1.82, 2.24) is 4.90 Å². The van der Waals surface area contributed by atoms with Crippen LogP contribution in [-0.4, -0.2) is 47.0 Å². The van der Waals surface area contributed by atoms with Gasteiger partial charge in [-0.2, -0.15) is 0 Å². The molecule has 1 amide bonds. The lowest BCUT2D eigenvalue weighted by Crippen LogP contribution is -2.54. The highest BCUT2D eigenvalue weighted by atomic mass is 16.5. The summed E-state index contributed by atoms with van der Waals surface area (Å²) in [7, 11) is 0. The fourth-order valence-electron chi connectivity index (χ4n) is 3.15. The Morgan fingerprint density at radius 2 is 1.71 bits per heavy atom. The summed E-state index contributed by atoms with van der Waals surface area (Å²) in [5, 5.41) is 11.2. The topological polar surface area (TPSA) is 66.8 Å². The molecule has 0 saturated carbocycles. The number of ketones is 1. The number of para-hydroxylation sites is 1. The van der Waals surface area contributed by atoms with Crippen molar-refractivity contribution in [3.63, 3.8) is 0 Å². The summed E-state index contributed by atoms with van der Waals surface area (Å²) >= 11 is 0. The molecule has 0 saturated heterocycles. The largest absolute Gasteiger partial charge is 0.494 e. The zero-order chi connectivity index (χ0) is 20.6. The van der Waals surface area contributed by atoms with Crippen molar-refractivity contribution < 1.29 is 19.4 Å². The minimum absolute atomic E-state index is 0.00193. The molecular formula is C23H29NO4. The van der Waals surface area contributed by atoms with Crippen molar-refractivity contribution in [2.75, 3.05) is 19.7 Å². The van der Waals surface area contributed by atoms with E-state index in [1.165, 1.54) is 4.90 Å². The highest BCUT2D eigenvalue weighted by Gasteiger charge is 2.45. The quantitative estimate of drug-likeness (QED) is 0.386. The van der Waals surface area contributed by atoms with Crippen LogP contribution in [0, 0.1) is 6.92 Å². The van der Waals surface area contributed by atoms with E-state index in [9.17, 15) is 14.7 Å². The summed E-state index contributed by atoms with van der Waals surface area (Å²) in [4.78, 5) is 27.6. The van der Waals surface area contributed by atoms with Gasteiger partial charge in [-0.1, -0.05) is 42.0 Å². The number of aryl methyl sites for hydroxylation is 1. The van der Waals surface area contributed by atoms with Crippen molar-refractivity contribution in [2.24, 2.45) is 0 Å². The predicted octanol–water partition coefficient (Wildman–Crippen LogP) is 3.64. The van der Waals surface area contributed by atoms with Crippen LogP contribution >= 0.6 is 0 Å². The van der Waals surface area contributed by atoms with E-state index in [0.717, 1.165) is 5.56 Å². The average Bonchev–Trinajstić information content (AvgIpc) is 2.72. The van der Waals surface area contributed by atoms with Crippen molar-refractivity contribution in [1.29, 1.82) is 0 Å². The molecule has 1 unspecified atom stereocenters. The zero-order valence-electron chi connectivity index (χ0n) is 16.9. The van der Waals surface area contributed by atoms with Gasteiger partial charge in [0.05, 0.1) is 6.61 Å². The molecule has 0 aliphatic carbocycles. The molecule has 1 N–H and O–H groups in total. The van der Waals surface area contributed by atoms with E-state index >= 15 is 0 Å². The fraction of sp³-hybridized carbons (Fsp3) is 0.391. The molecule has 0 spiro atoms. The molecule has 0 aliphatic rings. The van der Waals surface area contributed by atoms with Crippen LogP contribution in [0.25, 0.3) is 0 Å². The van der Waals surface area contributed by atoms with E-state index in [0.29, 0.717) is 37.4 Å². The third kappa shape index (κ3) is 5.20. The second-order valence-electron chi connectivity index (χ2n) is 6.80. The van der Waals surface area contributed by atoms with E-state index in [4.69, 9.17) is 4.74 Å². The minimum Gasteiger partial charge on any atom is -0.494 e. The number of aliphatic hydroxyl groups is 1. The van der Waals surface area contributed by atoms with Gasteiger partial charge in [0.1, 0.15) is 5.75 Å². The number of Topliss-reactive ketones (excluding diaryl/α,β-unsaturated/α-hetero) is 1. The first kappa shape index (κ1) is 21.6. The highest BCUT2D eigenvalue weighted by Crippen LogP contribution is 2.24. The maximum Gasteiger partial charge on any atom is 0.262 e. The van der Waals surface area contributed by atoms with Crippen LogP contribution < -0.4 is 4.74 Å². The van der Waals surface area contributed by atoms with Gasteiger partial charge < -0.3 is 14.7 Å². The first-order chi connectivity index (χ1) is 13.4. The Morgan fingerprint density at radius 3 is 2.32 bits per heavy atom. The number of carbonyl (C=O) groups is 2. The lowest BCUT2D eigenvalue weighted by Gasteiger charge is -2.31. The second kappa shape index (κ2) is 10.0.